The fraction of sp³-hybridized carbons (Fsp3) is 0.318. The zero-order valence-electron chi connectivity index (χ0n) is 16.1. The summed E-state index contributed by atoms with van der Waals surface area (Å²) in [5, 5.41) is 2.80. The number of carbonyl (C=O) groups is 3. The van der Waals surface area contributed by atoms with Crippen molar-refractivity contribution in [2.75, 3.05) is 18.1 Å². The summed E-state index contributed by atoms with van der Waals surface area (Å²) < 4.78 is 5.15. The van der Waals surface area contributed by atoms with Crippen LogP contribution in [0.1, 0.15) is 30.5 Å². The van der Waals surface area contributed by atoms with Gasteiger partial charge in [-0.25, -0.2) is 0 Å². The lowest BCUT2D eigenvalue weighted by Gasteiger charge is -2.17. The number of aryl methyl sites for hydroxylation is 1. The first-order valence-corrected chi connectivity index (χ1v) is 9.32. The summed E-state index contributed by atoms with van der Waals surface area (Å²) in [6, 6.07) is 16.9. The van der Waals surface area contributed by atoms with Gasteiger partial charge < -0.3 is 15.0 Å². The number of hydrogen-bond acceptors (Lipinski definition) is 4. The molecule has 0 radical (unpaired) electrons. The molecule has 28 heavy (non-hydrogen) atoms. The molecule has 1 saturated heterocycles. The van der Waals surface area contributed by atoms with Crippen molar-refractivity contribution in [1.29, 1.82) is 0 Å². The van der Waals surface area contributed by atoms with Gasteiger partial charge in [-0.15, -0.1) is 0 Å². The van der Waals surface area contributed by atoms with E-state index < -0.39 is 11.9 Å². The molecule has 0 aromatic heterocycles. The molecule has 0 aliphatic carbocycles. The van der Waals surface area contributed by atoms with Crippen molar-refractivity contribution in [2.45, 2.75) is 26.3 Å². The van der Waals surface area contributed by atoms with Crippen LogP contribution in [-0.2, 0) is 19.1 Å². The number of esters is 1. The van der Waals surface area contributed by atoms with Gasteiger partial charge in [0.2, 0.25) is 5.91 Å². The molecule has 1 N–H and O–H groups in total. The molecular weight excluding hydrogens is 356 g/mol. The number of nitrogens with one attached hydrogen (secondary N) is 1. The molecule has 2 atom stereocenters. The number of carbonyl (C=O) groups excluding carboxylic acids is 3. The highest BCUT2D eigenvalue weighted by Crippen LogP contribution is 2.26. The van der Waals surface area contributed by atoms with Gasteiger partial charge in [0, 0.05) is 18.7 Å². The van der Waals surface area contributed by atoms with Crippen LogP contribution in [0.4, 0.5) is 5.69 Å². The molecule has 146 valence electrons. The number of amides is 2. The van der Waals surface area contributed by atoms with Crippen molar-refractivity contribution < 1.29 is 19.1 Å². The van der Waals surface area contributed by atoms with Gasteiger partial charge in [-0.2, -0.15) is 0 Å². The van der Waals surface area contributed by atoms with Gasteiger partial charge in [-0.05, 0) is 31.5 Å². The third kappa shape index (κ3) is 4.76. The standard InChI is InChI=1S/C22H24N2O4/c1-15-8-10-19(11-9-15)24-13-18(12-21(24)26)22(27)28-14-20(25)23-16(2)17-6-4-3-5-7-17/h3-11,16,18H,12-14H2,1-2H3,(H,23,25)/t16-,18+/m0/s1. The second-order valence-electron chi connectivity index (χ2n) is 7.05. The predicted molar refractivity (Wildman–Crippen MR) is 106 cm³/mol. The normalized spacial score (nSPS) is 17.3. The lowest BCUT2D eigenvalue weighted by Crippen LogP contribution is -2.32. The monoisotopic (exact) mass is 380 g/mol. The molecule has 6 heteroatoms. The molecule has 2 amide bonds. The summed E-state index contributed by atoms with van der Waals surface area (Å²) in [5.41, 5.74) is 2.83. The van der Waals surface area contributed by atoms with E-state index in [2.05, 4.69) is 5.32 Å². The Kier molecular flexibility index (Phi) is 6.09. The quantitative estimate of drug-likeness (QED) is 0.782. The number of nitrogens with zero attached hydrogens (tertiary/aromatic N) is 1. The summed E-state index contributed by atoms with van der Waals surface area (Å²) in [4.78, 5) is 38.2. The van der Waals surface area contributed by atoms with E-state index in [-0.39, 0.29) is 37.4 Å². The molecule has 0 saturated carbocycles. The maximum Gasteiger partial charge on any atom is 0.311 e. The van der Waals surface area contributed by atoms with Crippen LogP contribution in [0.3, 0.4) is 0 Å². The van der Waals surface area contributed by atoms with E-state index in [0.29, 0.717) is 0 Å². The van der Waals surface area contributed by atoms with Gasteiger partial charge in [-0.1, -0.05) is 48.0 Å². The fourth-order valence-electron chi connectivity index (χ4n) is 3.20. The van der Waals surface area contributed by atoms with Gasteiger partial charge >= 0.3 is 5.97 Å². The molecular formula is C22H24N2O4. The minimum absolute atomic E-state index is 0.0920. The van der Waals surface area contributed by atoms with Crippen molar-refractivity contribution in [3.63, 3.8) is 0 Å². The third-order valence-corrected chi connectivity index (χ3v) is 4.83. The Bertz CT molecular complexity index is 849. The average Bonchev–Trinajstić information content (AvgIpc) is 3.09. The second kappa shape index (κ2) is 8.69. The lowest BCUT2D eigenvalue weighted by molar-refractivity contribution is -0.152. The van der Waals surface area contributed by atoms with Crippen LogP contribution in [-0.4, -0.2) is 30.9 Å². The number of rotatable bonds is 6. The van der Waals surface area contributed by atoms with E-state index in [1.807, 2.05) is 68.4 Å². The number of ether oxygens (including phenoxy) is 1. The van der Waals surface area contributed by atoms with Gasteiger partial charge in [0.15, 0.2) is 6.61 Å². The molecule has 0 bridgehead atoms. The van der Waals surface area contributed by atoms with E-state index in [4.69, 9.17) is 4.74 Å². The zero-order chi connectivity index (χ0) is 20.1. The van der Waals surface area contributed by atoms with E-state index >= 15 is 0 Å². The summed E-state index contributed by atoms with van der Waals surface area (Å²) in [6.45, 7) is 3.75. The average molecular weight is 380 g/mol. The molecule has 3 rings (SSSR count). The molecule has 1 heterocycles. The molecule has 0 unspecified atom stereocenters. The van der Waals surface area contributed by atoms with Crippen LogP contribution >= 0.6 is 0 Å². The maximum absolute atomic E-state index is 12.3. The Morgan fingerprint density at radius 1 is 1.14 bits per heavy atom. The van der Waals surface area contributed by atoms with Crippen molar-refractivity contribution in [1.82, 2.24) is 5.32 Å². The minimum atomic E-state index is -0.562. The van der Waals surface area contributed by atoms with E-state index in [9.17, 15) is 14.4 Å². The zero-order valence-corrected chi connectivity index (χ0v) is 16.1. The summed E-state index contributed by atoms with van der Waals surface area (Å²) in [7, 11) is 0. The Morgan fingerprint density at radius 3 is 2.50 bits per heavy atom. The topological polar surface area (TPSA) is 75.7 Å². The van der Waals surface area contributed by atoms with Crippen LogP contribution < -0.4 is 10.2 Å². The SMILES string of the molecule is Cc1ccc(N2C[C@H](C(=O)OCC(=O)N[C@@H](C)c3ccccc3)CC2=O)cc1. The highest BCUT2D eigenvalue weighted by atomic mass is 16.5. The van der Waals surface area contributed by atoms with Crippen molar-refractivity contribution in [3.8, 4) is 0 Å². The first kappa shape index (κ1) is 19.6. The summed E-state index contributed by atoms with van der Waals surface area (Å²) in [6.07, 6.45) is 0.0920. The van der Waals surface area contributed by atoms with Crippen molar-refractivity contribution in [2.24, 2.45) is 5.92 Å². The second-order valence-corrected chi connectivity index (χ2v) is 7.05. The molecule has 6 nitrogen and oxygen atoms in total. The Balaban J connectivity index is 1.49. The minimum Gasteiger partial charge on any atom is -0.455 e. The van der Waals surface area contributed by atoms with Crippen molar-refractivity contribution >= 4 is 23.5 Å². The van der Waals surface area contributed by atoms with E-state index in [1.54, 1.807) is 4.90 Å². The predicted octanol–water partition coefficient (Wildman–Crippen LogP) is 2.77. The van der Waals surface area contributed by atoms with Crippen LogP contribution in [0.5, 0.6) is 0 Å². The Morgan fingerprint density at radius 2 is 1.82 bits per heavy atom. The van der Waals surface area contributed by atoms with Crippen LogP contribution in [0.25, 0.3) is 0 Å². The van der Waals surface area contributed by atoms with E-state index in [0.717, 1.165) is 16.8 Å². The first-order valence-electron chi connectivity index (χ1n) is 9.32. The third-order valence-electron chi connectivity index (χ3n) is 4.83. The highest BCUT2D eigenvalue weighted by molar-refractivity contribution is 5.99. The summed E-state index contributed by atoms with van der Waals surface area (Å²) in [5.74, 6) is -1.57. The molecule has 2 aromatic carbocycles. The largest absolute Gasteiger partial charge is 0.455 e. The fourth-order valence-corrected chi connectivity index (χ4v) is 3.20. The van der Waals surface area contributed by atoms with Crippen LogP contribution in [0, 0.1) is 12.8 Å². The molecule has 1 aliphatic rings. The molecule has 1 aliphatic heterocycles. The molecule has 2 aromatic rings. The molecule has 0 spiro atoms. The Labute approximate surface area is 164 Å². The van der Waals surface area contributed by atoms with Gasteiger partial charge in [0.25, 0.3) is 5.91 Å². The summed E-state index contributed by atoms with van der Waals surface area (Å²) >= 11 is 0. The number of benzene rings is 2. The van der Waals surface area contributed by atoms with Gasteiger partial charge in [0.05, 0.1) is 12.0 Å². The van der Waals surface area contributed by atoms with Crippen LogP contribution in [0.2, 0.25) is 0 Å². The van der Waals surface area contributed by atoms with Crippen molar-refractivity contribution in [3.05, 3.63) is 65.7 Å². The van der Waals surface area contributed by atoms with Crippen LogP contribution in [0.15, 0.2) is 54.6 Å². The van der Waals surface area contributed by atoms with Gasteiger partial charge in [-0.3, -0.25) is 14.4 Å². The Hall–Kier alpha value is -3.15. The molecule has 1 fully saturated rings. The van der Waals surface area contributed by atoms with E-state index in [1.165, 1.54) is 0 Å². The lowest BCUT2D eigenvalue weighted by atomic mass is 10.1. The highest BCUT2D eigenvalue weighted by Gasteiger charge is 2.36. The number of hydrogen-bond donors (Lipinski definition) is 1. The first-order chi connectivity index (χ1) is 13.4. The maximum atomic E-state index is 12.3. The number of anilines is 1. The van der Waals surface area contributed by atoms with Gasteiger partial charge in [0.1, 0.15) is 0 Å². The smallest absolute Gasteiger partial charge is 0.311 e.